The standard InChI is InChI=1S/C16H14O4/c1-11-3-7-13(8-4-11)15(17)19-20-16(18)14-9-5-12(2)6-10-14/h3-10,13-14H,1-2H2. The predicted molar refractivity (Wildman–Crippen MR) is 74.0 cm³/mol. The Bertz CT molecular complexity index is 491. The smallest absolute Gasteiger partial charge is 0.246 e. The summed E-state index contributed by atoms with van der Waals surface area (Å²) < 4.78 is 0. The first-order chi connectivity index (χ1) is 9.56. The molecule has 0 aromatic rings. The van der Waals surface area contributed by atoms with Crippen molar-refractivity contribution in [3.8, 4) is 0 Å². The van der Waals surface area contributed by atoms with E-state index < -0.39 is 23.8 Å². The normalized spacial score (nSPS) is 18.4. The van der Waals surface area contributed by atoms with Gasteiger partial charge in [0, 0.05) is 0 Å². The van der Waals surface area contributed by atoms with E-state index >= 15 is 0 Å². The van der Waals surface area contributed by atoms with Crippen LogP contribution in [0.15, 0.2) is 72.9 Å². The van der Waals surface area contributed by atoms with Gasteiger partial charge in [-0.05, 0) is 11.1 Å². The second kappa shape index (κ2) is 6.02. The topological polar surface area (TPSA) is 52.6 Å². The first-order valence-corrected chi connectivity index (χ1v) is 6.09. The maximum atomic E-state index is 11.7. The van der Waals surface area contributed by atoms with Gasteiger partial charge in [0.25, 0.3) is 0 Å². The number of hydrogen-bond donors (Lipinski definition) is 0. The first-order valence-electron chi connectivity index (χ1n) is 6.09. The van der Waals surface area contributed by atoms with Gasteiger partial charge in [-0.25, -0.2) is 19.4 Å². The van der Waals surface area contributed by atoms with Crippen molar-refractivity contribution in [1.29, 1.82) is 0 Å². The summed E-state index contributed by atoms with van der Waals surface area (Å²) in [5, 5.41) is 0. The van der Waals surface area contributed by atoms with Gasteiger partial charge in [-0.2, -0.15) is 0 Å². The van der Waals surface area contributed by atoms with E-state index in [0.717, 1.165) is 11.1 Å². The highest BCUT2D eigenvalue weighted by Gasteiger charge is 2.22. The molecule has 0 spiro atoms. The lowest BCUT2D eigenvalue weighted by Crippen LogP contribution is -2.21. The zero-order valence-corrected chi connectivity index (χ0v) is 10.8. The molecule has 4 nitrogen and oxygen atoms in total. The molecule has 0 aromatic heterocycles. The molecule has 4 heteroatoms. The van der Waals surface area contributed by atoms with Crippen molar-refractivity contribution in [2.75, 3.05) is 0 Å². The Kier molecular flexibility index (Phi) is 4.15. The van der Waals surface area contributed by atoms with Crippen molar-refractivity contribution in [2.45, 2.75) is 0 Å². The van der Waals surface area contributed by atoms with Gasteiger partial charge >= 0.3 is 11.9 Å². The van der Waals surface area contributed by atoms with Gasteiger partial charge in [-0.15, -0.1) is 0 Å². The van der Waals surface area contributed by atoms with E-state index in [1.54, 1.807) is 48.6 Å². The van der Waals surface area contributed by atoms with Gasteiger partial charge in [-0.3, -0.25) is 0 Å². The molecule has 0 saturated heterocycles. The van der Waals surface area contributed by atoms with Gasteiger partial charge in [0.05, 0.1) is 11.8 Å². The summed E-state index contributed by atoms with van der Waals surface area (Å²) in [5.41, 5.74) is 1.59. The first kappa shape index (κ1) is 13.8. The maximum Gasteiger partial charge on any atom is 0.366 e. The van der Waals surface area contributed by atoms with Crippen LogP contribution in [0.5, 0.6) is 0 Å². The van der Waals surface area contributed by atoms with Crippen LogP contribution in [-0.4, -0.2) is 11.9 Å². The van der Waals surface area contributed by atoms with E-state index in [9.17, 15) is 9.59 Å². The van der Waals surface area contributed by atoms with E-state index in [2.05, 4.69) is 22.9 Å². The molecule has 0 atom stereocenters. The largest absolute Gasteiger partial charge is 0.366 e. The molecule has 20 heavy (non-hydrogen) atoms. The van der Waals surface area contributed by atoms with Crippen molar-refractivity contribution in [1.82, 2.24) is 0 Å². The summed E-state index contributed by atoms with van der Waals surface area (Å²) in [5.74, 6) is -2.42. The summed E-state index contributed by atoms with van der Waals surface area (Å²) in [6, 6.07) is 0. The molecule has 0 aromatic carbocycles. The number of carbonyl (C=O) groups excluding carboxylic acids is 2. The van der Waals surface area contributed by atoms with E-state index in [4.69, 9.17) is 0 Å². The van der Waals surface area contributed by atoms with Crippen LogP contribution in [0.1, 0.15) is 0 Å². The third kappa shape index (κ3) is 3.45. The molecule has 0 unspecified atom stereocenters. The molecule has 0 amide bonds. The van der Waals surface area contributed by atoms with Crippen LogP contribution < -0.4 is 0 Å². The summed E-state index contributed by atoms with van der Waals surface area (Å²) in [7, 11) is 0. The van der Waals surface area contributed by atoms with Gasteiger partial charge in [0.1, 0.15) is 0 Å². The van der Waals surface area contributed by atoms with Crippen LogP contribution >= 0.6 is 0 Å². The Balaban J connectivity index is 1.83. The molecular weight excluding hydrogens is 256 g/mol. The highest BCUT2D eigenvalue weighted by Crippen LogP contribution is 2.16. The number of rotatable bonds is 2. The summed E-state index contributed by atoms with van der Waals surface area (Å²) in [6.07, 6.45) is 13.3. The Labute approximate surface area is 117 Å². The highest BCUT2D eigenvalue weighted by atomic mass is 17.2. The van der Waals surface area contributed by atoms with Crippen LogP contribution in [0.25, 0.3) is 0 Å². The van der Waals surface area contributed by atoms with Crippen LogP contribution in [-0.2, 0) is 19.4 Å². The van der Waals surface area contributed by atoms with Crippen LogP contribution in [0.2, 0.25) is 0 Å². The zero-order chi connectivity index (χ0) is 14.5. The summed E-state index contributed by atoms with van der Waals surface area (Å²) >= 11 is 0. The van der Waals surface area contributed by atoms with Crippen molar-refractivity contribution in [3.05, 3.63) is 72.9 Å². The van der Waals surface area contributed by atoms with Crippen molar-refractivity contribution in [2.24, 2.45) is 11.8 Å². The van der Waals surface area contributed by atoms with E-state index in [1.165, 1.54) is 0 Å². The van der Waals surface area contributed by atoms with Gasteiger partial charge < -0.3 is 0 Å². The fourth-order valence-corrected chi connectivity index (χ4v) is 1.66. The van der Waals surface area contributed by atoms with E-state index in [1.807, 2.05) is 0 Å². The van der Waals surface area contributed by atoms with E-state index in [-0.39, 0.29) is 0 Å². The predicted octanol–water partition coefficient (Wildman–Crippen LogP) is 2.58. The second-order valence-corrected chi connectivity index (χ2v) is 4.44. The lowest BCUT2D eigenvalue weighted by Gasteiger charge is -2.12. The third-order valence-corrected chi connectivity index (χ3v) is 2.82. The molecule has 0 radical (unpaired) electrons. The zero-order valence-electron chi connectivity index (χ0n) is 10.8. The third-order valence-electron chi connectivity index (χ3n) is 2.82. The quantitative estimate of drug-likeness (QED) is 0.571. The molecule has 2 aliphatic rings. The van der Waals surface area contributed by atoms with Crippen LogP contribution in [0.3, 0.4) is 0 Å². The van der Waals surface area contributed by atoms with Crippen molar-refractivity contribution in [3.63, 3.8) is 0 Å². The Morgan fingerprint density at radius 2 is 1.05 bits per heavy atom. The second-order valence-electron chi connectivity index (χ2n) is 4.44. The lowest BCUT2D eigenvalue weighted by atomic mass is 10.0. The minimum atomic E-state index is -0.647. The molecule has 0 saturated carbocycles. The van der Waals surface area contributed by atoms with Gasteiger partial charge in [-0.1, -0.05) is 61.8 Å². The number of carbonyl (C=O) groups is 2. The van der Waals surface area contributed by atoms with Crippen molar-refractivity contribution >= 4 is 11.9 Å². The average molecular weight is 270 g/mol. The molecule has 0 heterocycles. The number of allylic oxidation sites excluding steroid dienone is 6. The van der Waals surface area contributed by atoms with Gasteiger partial charge in [0.2, 0.25) is 0 Å². The molecule has 2 rings (SSSR count). The fourth-order valence-electron chi connectivity index (χ4n) is 1.66. The van der Waals surface area contributed by atoms with Crippen molar-refractivity contribution < 1.29 is 19.4 Å². The molecule has 0 bridgehead atoms. The summed E-state index contributed by atoms with van der Waals surface area (Å²) in [6.45, 7) is 7.43. The van der Waals surface area contributed by atoms with Gasteiger partial charge in [0.15, 0.2) is 0 Å². The van der Waals surface area contributed by atoms with E-state index in [0.29, 0.717) is 0 Å². The molecule has 0 fully saturated rings. The lowest BCUT2D eigenvalue weighted by molar-refractivity contribution is -0.261. The van der Waals surface area contributed by atoms with Crippen LogP contribution in [0, 0.1) is 11.8 Å². The Morgan fingerprint density at radius 1 is 0.750 bits per heavy atom. The monoisotopic (exact) mass is 270 g/mol. The van der Waals surface area contributed by atoms with Crippen LogP contribution in [0.4, 0.5) is 0 Å². The average Bonchev–Trinajstić information content (AvgIpc) is 2.46. The number of hydrogen-bond acceptors (Lipinski definition) is 4. The SMILES string of the molecule is C=C1C=CC(C(=O)OOC(=O)C2C=CC(=C)C=C2)C=C1. The highest BCUT2D eigenvalue weighted by molar-refractivity contribution is 5.80. The Hall–Kier alpha value is -2.62. The maximum absolute atomic E-state index is 11.7. The molecule has 102 valence electrons. The summed E-state index contributed by atoms with van der Waals surface area (Å²) in [4.78, 5) is 32.4. The molecule has 2 aliphatic carbocycles. The molecule has 0 N–H and O–H groups in total. The Morgan fingerprint density at radius 3 is 1.35 bits per heavy atom. The fraction of sp³-hybridized carbons (Fsp3) is 0.125. The molecular formula is C16H14O4. The molecule has 0 aliphatic heterocycles. The minimum absolute atomic E-state index is 0.564. The minimum Gasteiger partial charge on any atom is -0.246 e.